The fourth-order valence-corrected chi connectivity index (χ4v) is 10.9. The molecule has 6 aromatic carbocycles. The zero-order valence-corrected chi connectivity index (χ0v) is 32.0. The number of allylic oxidation sites excluding steroid dienone is 1. The molecule has 2 atom stereocenters. The van der Waals surface area contributed by atoms with Crippen LogP contribution in [0.4, 0.5) is 0 Å². The highest BCUT2D eigenvalue weighted by Gasteiger charge is 2.27. The van der Waals surface area contributed by atoms with Gasteiger partial charge in [0, 0.05) is 42.9 Å². The third-order valence-corrected chi connectivity index (χ3v) is 13.3. The van der Waals surface area contributed by atoms with Crippen molar-refractivity contribution in [3.63, 3.8) is 0 Å². The normalized spacial score (nSPS) is 17.8. The van der Waals surface area contributed by atoms with Gasteiger partial charge in [0.15, 0.2) is 0 Å². The van der Waals surface area contributed by atoms with E-state index in [2.05, 4.69) is 167 Å². The molecule has 0 bridgehead atoms. The maximum Gasteiger partial charge on any atom is 0.136 e. The monoisotopic (exact) mass is 754 g/mol. The number of fused-ring (bicyclic) bond motifs is 9. The minimum absolute atomic E-state index is 0.101. The fraction of sp³-hybridized carbons (Fsp3) is 0.118. The number of furan rings is 1. The Bertz CT molecular complexity index is 3260. The van der Waals surface area contributed by atoms with E-state index in [4.69, 9.17) is 9.41 Å². The van der Waals surface area contributed by atoms with Gasteiger partial charge in [-0.3, -0.25) is 5.32 Å². The molecule has 3 aliphatic rings. The van der Waals surface area contributed by atoms with Crippen LogP contribution >= 0.6 is 11.3 Å². The van der Waals surface area contributed by atoms with Crippen molar-refractivity contribution >= 4 is 77.8 Å². The Balaban J connectivity index is 1.00. The molecule has 2 aliphatic carbocycles. The summed E-state index contributed by atoms with van der Waals surface area (Å²) in [5, 5.41) is 13.8. The number of amidine groups is 1. The van der Waals surface area contributed by atoms with Crippen molar-refractivity contribution in [1.29, 1.82) is 0 Å². The molecular formula is C51H38N4OS. The Morgan fingerprint density at radius 1 is 0.702 bits per heavy atom. The molecule has 2 unspecified atom stereocenters. The fourth-order valence-electron chi connectivity index (χ4n) is 9.46. The van der Waals surface area contributed by atoms with Crippen molar-refractivity contribution in [2.75, 3.05) is 0 Å². The minimum Gasteiger partial charge on any atom is -0.456 e. The molecule has 0 radical (unpaired) electrons. The summed E-state index contributed by atoms with van der Waals surface area (Å²) in [6.07, 6.45) is 10.9. The van der Waals surface area contributed by atoms with Gasteiger partial charge < -0.3 is 14.3 Å². The number of para-hydroxylation sites is 1. The molecule has 274 valence electrons. The molecule has 2 N–H and O–H groups in total. The van der Waals surface area contributed by atoms with Gasteiger partial charge in [0.1, 0.15) is 29.3 Å². The zero-order chi connectivity index (χ0) is 37.5. The number of rotatable bonds is 5. The van der Waals surface area contributed by atoms with Crippen LogP contribution in [0.3, 0.4) is 0 Å². The molecule has 0 saturated carbocycles. The predicted octanol–water partition coefficient (Wildman–Crippen LogP) is 10.8. The summed E-state index contributed by atoms with van der Waals surface area (Å²) in [5.74, 6) is 0.870. The van der Waals surface area contributed by atoms with Crippen LogP contribution in [0.2, 0.25) is 0 Å². The van der Waals surface area contributed by atoms with Crippen molar-refractivity contribution < 1.29 is 4.42 Å². The van der Waals surface area contributed by atoms with Gasteiger partial charge in [-0.2, -0.15) is 0 Å². The predicted molar refractivity (Wildman–Crippen MR) is 236 cm³/mol. The highest BCUT2D eigenvalue weighted by Crippen LogP contribution is 2.40. The van der Waals surface area contributed by atoms with Gasteiger partial charge in [0.05, 0.1) is 15.9 Å². The van der Waals surface area contributed by atoms with Crippen LogP contribution in [0, 0.1) is 0 Å². The van der Waals surface area contributed by atoms with Crippen LogP contribution in [-0.4, -0.2) is 10.4 Å². The SMILES string of the molecule is C1=Cc2c(n(-c3cccc4c5c(sc34)=C(c3cccc4oc6cc(C7N=C(c8ccccc8)NC(c8ccccc8)N7)ccc6c34)CCC=5)c3ccccc23)CC1. The van der Waals surface area contributed by atoms with Crippen LogP contribution in [0.5, 0.6) is 0 Å². The second-order valence-corrected chi connectivity index (χ2v) is 16.3. The van der Waals surface area contributed by atoms with E-state index in [1.54, 1.807) is 0 Å². The zero-order valence-electron chi connectivity index (χ0n) is 31.2. The Labute approximate surface area is 333 Å². The second kappa shape index (κ2) is 13.1. The van der Waals surface area contributed by atoms with E-state index in [1.807, 2.05) is 17.4 Å². The van der Waals surface area contributed by atoms with Crippen molar-refractivity contribution in [3.8, 4) is 5.69 Å². The van der Waals surface area contributed by atoms with E-state index < -0.39 is 0 Å². The largest absolute Gasteiger partial charge is 0.456 e. The quantitative estimate of drug-likeness (QED) is 0.184. The highest BCUT2D eigenvalue weighted by molar-refractivity contribution is 7.17. The van der Waals surface area contributed by atoms with E-state index in [-0.39, 0.29) is 12.3 Å². The highest BCUT2D eigenvalue weighted by atomic mass is 32.1. The number of benzene rings is 6. The first kappa shape index (κ1) is 32.7. The molecule has 6 heteroatoms. The van der Waals surface area contributed by atoms with E-state index >= 15 is 0 Å². The Hall–Kier alpha value is -6.47. The number of hydrogen-bond donors (Lipinski definition) is 2. The number of nitrogens with one attached hydrogen (secondary N) is 2. The minimum atomic E-state index is -0.263. The van der Waals surface area contributed by atoms with Gasteiger partial charge in [-0.15, -0.1) is 11.3 Å². The van der Waals surface area contributed by atoms with E-state index in [1.165, 1.54) is 64.2 Å². The van der Waals surface area contributed by atoms with Gasteiger partial charge in [0.2, 0.25) is 0 Å². The second-order valence-electron chi connectivity index (χ2n) is 15.3. The van der Waals surface area contributed by atoms with Crippen molar-refractivity contribution in [2.24, 2.45) is 4.99 Å². The van der Waals surface area contributed by atoms with Gasteiger partial charge in [-0.05, 0) is 77.4 Å². The summed E-state index contributed by atoms with van der Waals surface area (Å²) in [6.45, 7) is 0. The summed E-state index contributed by atoms with van der Waals surface area (Å²) in [5.41, 5.74) is 13.1. The number of thiophene rings is 1. The van der Waals surface area contributed by atoms with Crippen molar-refractivity contribution in [3.05, 3.63) is 189 Å². The van der Waals surface area contributed by atoms with Crippen LogP contribution in [-0.2, 0) is 6.42 Å². The van der Waals surface area contributed by atoms with Crippen LogP contribution in [0.15, 0.2) is 155 Å². The first-order chi connectivity index (χ1) is 28.3. The molecule has 57 heavy (non-hydrogen) atoms. The lowest BCUT2D eigenvalue weighted by Gasteiger charge is -2.32. The number of nitrogens with zero attached hydrogens (tertiary/aromatic N) is 2. The summed E-state index contributed by atoms with van der Waals surface area (Å²) in [6, 6.07) is 49.9. The number of hydrogen-bond acceptors (Lipinski definition) is 5. The molecular weight excluding hydrogens is 717 g/mol. The molecule has 5 nitrogen and oxygen atoms in total. The number of aliphatic imine (C=N–C) groups is 1. The van der Waals surface area contributed by atoms with Crippen molar-refractivity contribution in [1.82, 2.24) is 15.2 Å². The molecule has 0 fully saturated rings. The topological polar surface area (TPSA) is 54.5 Å². The third kappa shape index (κ3) is 5.21. The molecule has 12 rings (SSSR count). The molecule has 9 aromatic rings. The summed E-state index contributed by atoms with van der Waals surface area (Å²) >= 11 is 1.95. The standard InChI is InChI=1S/C51H38N4OS/c1-3-14-31(15-4-1)49-52-50(32-16-5-2-6-17-32)54-51(53-49)33-28-29-40-45(30-33)56-44-27-13-20-36(46(40)44)37-21-11-22-38-39-23-12-26-43(48(39)57-47(37)38)55-41-24-9-7-18-34(41)35-19-8-10-25-42(35)55/h1-9,12-20,22-24,26-30,49,51,53H,10-11,21,25H2,(H,52,54). The Morgan fingerprint density at radius 3 is 2.44 bits per heavy atom. The molecule has 1 aliphatic heterocycles. The molecule has 0 spiro atoms. The summed E-state index contributed by atoms with van der Waals surface area (Å²) in [7, 11) is 0. The lowest BCUT2D eigenvalue weighted by molar-refractivity contribution is 0.409. The van der Waals surface area contributed by atoms with Gasteiger partial charge in [0.25, 0.3) is 0 Å². The summed E-state index contributed by atoms with van der Waals surface area (Å²) in [4.78, 5) is 5.20. The van der Waals surface area contributed by atoms with Gasteiger partial charge in [-0.25, -0.2) is 4.99 Å². The molecule has 0 saturated heterocycles. The Morgan fingerprint density at radius 2 is 1.53 bits per heavy atom. The number of aromatic nitrogens is 1. The van der Waals surface area contributed by atoms with E-state index in [9.17, 15) is 0 Å². The Kier molecular flexibility index (Phi) is 7.50. The summed E-state index contributed by atoms with van der Waals surface area (Å²) < 4.78 is 12.0. The lowest BCUT2D eigenvalue weighted by Crippen LogP contribution is -2.44. The molecule has 0 amide bonds. The van der Waals surface area contributed by atoms with Crippen molar-refractivity contribution in [2.45, 2.75) is 38.0 Å². The van der Waals surface area contributed by atoms with Crippen LogP contribution < -0.4 is 20.4 Å². The van der Waals surface area contributed by atoms with Crippen LogP contribution in [0.1, 0.15) is 65.1 Å². The smallest absolute Gasteiger partial charge is 0.136 e. The van der Waals surface area contributed by atoms with Gasteiger partial charge >= 0.3 is 0 Å². The van der Waals surface area contributed by atoms with Gasteiger partial charge in [-0.1, -0.05) is 133 Å². The van der Waals surface area contributed by atoms with Crippen LogP contribution in [0.25, 0.3) is 66.3 Å². The lowest BCUT2D eigenvalue weighted by atomic mass is 9.93. The maximum atomic E-state index is 6.73. The van der Waals surface area contributed by atoms with E-state index in [0.717, 1.165) is 64.8 Å². The first-order valence-corrected chi connectivity index (χ1v) is 20.8. The third-order valence-electron chi connectivity index (χ3n) is 12.0. The first-order valence-electron chi connectivity index (χ1n) is 20.0. The average Bonchev–Trinajstić information content (AvgIpc) is 3.96. The average molecular weight is 755 g/mol. The molecule has 3 aromatic heterocycles. The molecule has 4 heterocycles. The van der Waals surface area contributed by atoms with E-state index in [0.29, 0.717) is 0 Å². The maximum absolute atomic E-state index is 6.73.